The molecule has 2 aromatic rings. The first-order valence-corrected chi connectivity index (χ1v) is 8.49. The van der Waals surface area contributed by atoms with Crippen molar-refractivity contribution in [2.75, 3.05) is 0 Å². The summed E-state index contributed by atoms with van der Waals surface area (Å²) < 4.78 is 0. The lowest BCUT2D eigenvalue weighted by Crippen LogP contribution is -2.40. The molecule has 3 rings (SSSR count). The summed E-state index contributed by atoms with van der Waals surface area (Å²) in [4.78, 5) is 13.4. The fraction of sp³-hybridized carbons (Fsp3) is 0.273. The Bertz CT molecular complexity index is 771. The predicted octanol–water partition coefficient (Wildman–Crippen LogP) is 5.06. The molecule has 1 saturated carbocycles. The second-order valence-corrected chi connectivity index (χ2v) is 6.37. The van der Waals surface area contributed by atoms with Crippen molar-refractivity contribution in [3.05, 3.63) is 77.4 Å². The average molecular weight is 315 g/mol. The molecule has 0 aliphatic heterocycles. The van der Waals surface area contributed by atoms with E-state index in [0.29, 0.717) is 12.8 Å². The van der Waals surface area contributed by atoms with Crippen LogP contribution in [-0.4, -0.2) is 5.78 Å². The van der Waals surface area contributed by atoms with Gasteiger partial charge in [-0.1, -0.05) is 60.7 Å². The van der Waals surface area contributed by atoms with E-state index in [1.807, 2.05) is 66.7 Å². The fourth-order valence-electron chi connectivity index (χ4n) is 3.69. The maximum Gasteiger partial charge on any atom is 0.169 e. The van der Waals surface area contributed by atoms with Crippen molar-refractivity contribution in [1.29, 1.82) is 5.26 Å². The van der Waals surface area contributed by atoms with Gasteiger partial charge in [0.15, 0.2) is 5.78 Å². The van der Waals surface area contributed by atoms with E-state index >= 15 is 0 Å². The van der Waals surface area contributed by atoms with Crippen LogP contribution in [0.25, 0.3) is 6.08 Å². The van der Waals surface area contributed by atoms with E-state index < -0.39 is 5.41 Å². The molecule has 2 nitrogen and oxygen atoms in total. The van der Waals surface area contributed by atoms with Gasteiger partial charge < -0.3 is 0 Å². The van der Waals surface area contributed by atoms with Crippen LogP contribution in [0.4, 0.5) is 0 Å². The predicted molar refractivity (Wildman–Crippen MR) is 96.2 cm³/mol. The lowest BCUT2D eigenvalue weighted by atomic mass is 9.64. The highest BCUT2D eigenvalue weighted by Gasteiger charge is 2.43. The summed E-state index contributed by atoms with van der Waals surface area (Å²) in [6, 6.07) is 22.2. The van der Waals surface area contributed by atoms with Crippen molar-refractivity contribution < 1.29 is 4.79 Å². The van der Waals surface area contributed by atoms with Gasteiger partial charge >= 0.3 is 0 Å². The first-order valence-electron chi connectivity index (χ1n) is 8.49. The number of carbonyl (C=O) groups excluding carboxylic acids is 1. The summed E-state index contributed by atoms with van der Waals surface area (Å²) in [5.41, 5.74) is 2.44. The summed E-state index contributed by atoms with van der Waals surface area (Å²) in [6.45, 7) is 0. The van der Waals surface area contributed by atoms with Crippen molar-refractivity contribution in [1.82, 2.24) is 0 Å². The van der Waals surface area contributed by atoms with E-state index in [0.717, 1.165) is 36.0 Å². The summed E-state index contributed by atoms with van der Waals surface area (Å²) in [5, 5.41) is 9.07. The minimum atomic E-state index is -0.546. The van der Waals surface area contributed by atoms with Crippen molar-refractivity contribution >= 4 is 11.9 Å². The summed E-state index contributed by atoms with van der Waals surface area (Å²) in [7, 11) is 0. The molecule has 1 aliphatic rings. The Morgan fingerprint density at radius 3 is 2.38 bits per heavy atom. The Hall–Kier alpha value is -2.66. The largest absolute Gasteiger partial charge is 0.294 e. The van der Waals surface area contributed by atoms with Crippen molar-refractivity contribution in [3.63, 3.8) is 0 Å². The molecule has 0 N–H and O–H groups in total. The van der Waals surface area contributed by atoms with E-state index in [4.69, 9.17) is 5.26 Å². The van der Waals surface area contributed by atoms with Crippen LogP contribution in [0.2, 0.25) is 0 Å². The minimum absolute atomic E-state index is 0.194. The smallest absolute Gasteiger partial charge is 0.169 e. The minimum Gasteiger partial charge on any atom is -0.294 e. The van der Waals surface area contributed by atoms with Crippen molar-refractivity contribution in [3.8, 4) is 6.07 Å². The van der Waals surface area contributed by atoms with Crippen LogP contribution in [0.1, 0.15) is 43.2 Å². The number of nitriles is 1. The Kier molecular flexibility index (Phi) is 4.91. The number of hydrogen-bond donors (Lipinski definition) is 0. The number of Topliss-reactive ketones (excluding diaryl/α,β-unsaturated/α-hetero) is 1. The number of carbonyl (C=O) groups is 1. The van der Waals surface area contributed by atoms with Gasteiger partial charge in [0.25, 0.3) is 0 Å². The molecule has 24 heavy (non-hydrogen) atoms. The monoisotopic (exact) mass is 315 g/mol. The Labute approximate surface area is 143 Å². The first-order chi connectivity index (χ1) is 11.8. The molecule has 120 valence electrons. The second kappa shape index (κ2) is 7.27. The second-order valence-electron chi connectivity index (χ2n) is 6.37. The number of ketones is 1. The van der Waals surface area contributed by atoms with Crippen molar-refractivity contribution in [2.24, 2.45) is 0 Å². The van der Waals surface area contributed by atoms with Gasteiger partial charge in [0.1, 0.15) is 0 Å². The molecule has 1 fully saturated rings. The summed E-state index contributed by atoms with van der Waals surface area (Å²) in [6.07, 6.45) is 5.63. The van der Waals surface area contributed by atoms with Gasteiger partial charge in [-0.15, -0.1) is 0 Å². The van der Waals surface area contributed by atoms with Crippen molar-refractivity contribution in [2.45, 2.75) is 37.5 Å². The van der Waals surface area contributed by atoms with Gasteiger partial charge in [0.05, 0.1) is 11.5 Å². The first kappa shape index (κ1) is 16.2. The molecule has 0 aromatic heterocycles. The molecule has 2 heteroatoms. The van der Waals surface area contributed by atoms with Crippen LogP contribution in [-0.2, 0) is 10.2 Å². The SMILES string of the molecule is N#CCCC1(c2ccccc2)CCC/C(=C/c2ccccc2)C1=O. The van der Waals surface area contributed by atoms with Gasteiger partial charge in [0, 0.05) is 6.42 Å². The van der Waals surface area contributed by atoms with Crippen LogP contribution in [0.5, 0.6) is 0 Å². The molecular weight excluding hydrogens is 294 g/mol. The molecule has 1 unspecified atom stereocenters. The molecule has 0 amide bonds. The fourth-order valence-corrected chi connectivity index (χ4v) is 3.69. The van der Waals surface area contributed by atoms with E-state index in [9.17, 15) is 4.79 Å². The molecule has 0 heterocycles. The number of nitrogens with zero attached hydrogens (tertiary/aromatic N) is 1. The summed E-state index contributed by atoms with van der Waals surface area (Å²) in [5.74, 6) is 0.194. The Balaban J connectivity index is 2.01. The van der Waals surface area contributed by atoms with Crippen LogP contribution < -0.4 is 0 Å². The zero-order chi connectivity index (χ0) is 16.8. The molecule has 0 spiro atoms. The molecule has 0 radical (unpaired) electrons. The topological polar surface area (TPSA) is 40.9 Å². The van der Waals surface area contributed by atoms with Crippen LogP contribution in [0.15, 0.2) is 66.2 Å². The number of benzene rings is 2. The lowest BCUT2D eigenvalue weighted by molar-refractivity contribution is -0.122. The van der Waals surface area contributed by atoms with Gasteiger partial charge in [-0.2, -0.15) is 5.26 Å². The maximum atomic E-state index is 13.4. The van der Waals surface area contributed by atoms with Crippen LogP contribution in [0, 0.1) is 11.3 Å². The summed E-state index contributed by atoms with van der Waals surface area (Å²) >= 11 is 0. The molecule has 1 aliphatic carbocycles. The number of hydrogen-bond acceptors (Lipinski definition) is 2. The van der Waals surface area contributed by atoms with Gasteiger partial charge in [-0.05, 0) is 48.5 Å². The van der Waals surface area contributed by atoms with Crippen LogP contribution >= 0.6 is 0 Å². The maximum absolute atomic E-state index is 13.4. The van der Waals surface area contributed by atoms with E-state index in [2.05, 4.69) is 6.07 Å². The quantitative estimate of drug-likeness (QED) is 0.739. The third-order valence-corrected chi connectivity index (χ3v) is 4.91. The molecule has 0 saturated heterocycles. The molecular formula is C22H21NO. The average Bonchev–Trinajstić information content (AvgIpc) is 2.64. The Morgan fingerprint density at radius 1 is 1.04 bits per heavy atom. The zero-order valence-electron chi connectivity index (χ0n) is 13.7. The molecule has 0 bridgehead atoms. The highest BCUT2D eigenvalue weighted by atomic mass is 16.1. The Morgan fingerprint density at radius 2 is 1.71 bits per heavy atom. The van der Waals surface area contributed by atoms with E-state index in [1.54, 1.807) is 0 Å². The normalized spacial score (nSPS) is 22.3. The third-order valence-electron chi connectivity index (χ3n) is 4.91. The third kappa shape index (κ3) is 3.16. The standard InChI is InChI=1S/C22H21NO/c23-16-8-15-22(20-12-5-2-6-13-20)14-7-11-19(21(22)24)17-18-9-3-1-4-10-18/h1-6,9-10,12-13,17H,7-8,11,14-15H2/b19-17-. The number of allylic oxidation sites excluding steroid dienone is 1. The molecule has 1 atom stereocenters. The van der Waals surface area contributed by atoms with Gasteiger partial charge in [-0.25, -0.2) is 0 Å². The van der Waals surface area contributed by atoms with E-state index in [-0.39, 0.29) is 5.78 Å². The molecule has 2 aromatic carbocycles. The lowest BCUT2D eigenvalue weighted by Gasteiger charge is -2.37. The zero-order valence-corrected chi connectivity index (χ0v) is 13.7. The van der Waals surface area contributed by atoms with Gasteiger partial charge in [-0.3, -0.25) is 4.79 Å². The number of rotatable bonds is 4. The van der Waals surface area contributed by atoms with Gasteiger partial charge in [0.2, 0.25) is 0 Å². The highest BCUT2D eigenvalue weighted by Crippen LogP contribution is 2.42. The highest BCUT2D eigenvalue weighted by molar-refractivity contribution is 6.07. The van der Waals surface area contributed by atoms with Crippen LogP contribution in [0.3, 0.4) is 0 Å². The van der Waals surface area contributed by atoms with E-state index in [1.165, 1.54) is 0 Å².